The zero-order chi connectivity index (χ0) is 24.2. The van der Waals surface area contributed by atoms with Crippen LogP contribution < -0.4 is 9.62 Å². The SMILES string of the molecule is COC(=O)c1ccc(C)c(NC(=O)CN(c2cc(Cl)ccc2Cl)S(=O)(=O)c2ccccc2)c1. The van der Waals surface area contributed by atoms with Gasteiger partial charge in [-0.2, -0.15) is 0 Å². The fourth-order valence-electron chi connectivity index (χ4n) is 3.02. The Balaban J connectivity index is 1.99. The van der Waals surface area contributed by atoms with Gasteiger partial charge < -0.3 is 10.1 Å². The van der Waals surface area contributed by atoms with Crippen LogP contribution in [0.1, 0.15) is 15.9 Å². The summed E-state index contributed by atoms with van der Waals surface area (Å²) in [5.41, 5.74) is 1.32. The molecule has 172 valence electrons. The molecule has 0 aromatic heterocycles. The number of amides is 1. The maximum atomic E-state index is 13.4. The van der Waals surface area contributed by atoms with Crippen LogP contribution in [0, 0.1) is 6.92 Å². The second-order valence-corrected chi connectivity index (χ2v) is 9.70. The van der Waals surface area contributed by atoms with Crippen LogP contribution in [0.25, 0.3) is 0 Å². The molecule has 0 unspecified atom stereocenters. The van der Waals surface area contributed by atoms with Gasteiger partial charge in [0.1, 0.15) is 6.54 Å². The van der Waals surface area contributed by atoms with E-state index < -0.39 is 28.4 Å². The smallest absolute Gasteiger partial charge is 0.337 e. The molecule has 1 N–H and O–H groups in total. The highest BCUT2D eigenvalue weighted by atomic mass is 35.5. The number of sulfonamides is 1. The molecule has 3 rings (SSSR count). The van der Waals surface area contributed by atoms with Gasteiger partial charge in [0.05, 0.1) is 28.3 Å². The van der Waals surface area contributed by atoms with Crippen molar-refractivity contribution in [2.45, 2.75) is 11.8 Å². The number of carbonyl (C=O) groups is 2. The predicted octanol–water partition coefficient (Wildman–Crippen LogP) is 4.92. The number of methoxy groups -OCH3 is 1. The molecule has 0 fully saturated rings. The molecule has 33 heavy (non-hydrogen) atoms. The zero-order valence-electron chi connectivity index (χ0n) is 17.7. The van der Waals surface area contributed by atoms with Crippen LogP contribution in [-0.2, 0) is 19.6 Å². The maximum absolute atomic E-state index is 13.4. The molecule has 0 saturated heterocycles. The molecule has 0 atom stereocenters. The van der Waals surface area contributed by atoms with Crippen LogP contribution in [0.15, 0.2) is 71.6 Å². The van der Waals surface area contributed by atoms with Crippen molar-refractivity contribution in [2.75, 3.05) is 23.3 Å². The molecule has 0 aliphatic rings. The molecule has 7 nitrogen and oxygen atoms in total. The Morgan fingerprint density at radius 1 is 1.00 bits per heavy atom. The normalized spacial score (nSPS) is 11.0. The van der Waals surface area contributed by atoms with Gasteiger partial charge in [-0.1, -0.05) is 47.5 Å². The number of esters is 1. The first kappa shape index (κ1) is 24.6. The second kappa shape index (κ2) is 10.2. The van der Waals surface area contributed by atoms with E-state index in [0.717, 1.165) is 4.31 Å². The van der Waals surface area contributed by atoms with Gasteiger partial charge in [-0.05, 0) is 55.0 Å². The maximum Gasteiger partial charge on any atom is 0.337 e. The number of aryl methyl sites for hydroxylation is 1. The molecule has 3 aromatic rings. The number of benzene rings is 3. The van der Waals surface area contributed by atoms with E-state index in [0.29, 0.717) is 11.3 Å². The fourth-order valence-corrected chi connectivity index (χ4v) is 4.91. The van der Waals surface area contributed by atoms with Gasteiger partial charge in [0.25, 0.3) is 10.0 Å². The van der Waals surface area contributed by atoms with Gasteiger partial charge in [0.15, 0.2) is 0 Å². The Morgan fingerprint density at radius 3 is 2.36 bits per heavy atom. The number of nitrogens with one attached hydrogen (secondary N) is 1. The Morgan fingerprint density at radius 2 is 1.70 bits per heavy atom. The van der Waals surface area contributed by atoms with Crippen LogP contribution >= 0.6 is 23.2 Å². The minimum absolute atomic E-state index is 0.0160. The molecule has 0 heterocycles. The Labute approximate surface area is 201 Å². The monoisotopic (exact) mass is 506 g/mol. The number of nitrogens with zero attached hydrogens (tertiary/aromatic N) is 1. The third-order valence-corrected chi connectivity index (χ3v) is 7.06. The molecular weight excluding hydrogens is 487 g/mol. The second-order valence-electron chi connectivity index (χ2n) is 6.99. The van der Waals surface area contributed by atoms with E-state index in [1.807, 2.05) is 0 Å². The Kier molecular flexibility index (Phi) is 7.63. The number of carbonyl (C=O) groups excluding carboxylic acids is 2. The summed E-state index contributed by atoms with van der Waals surface area (Å²) in [6.45, 7) is 1.15. The summed E-state index contributed by atoms with van der Waals surface area (Å²) in [6.07, 6.45) is 0. The van der Waals surface area contributed by atoms with E-state index in [-0.39, 0.29) is 26.2 Å². The molecule has 0 spiro atoms. The van der Waals surface area contributed by atoms with Gasteiger partial charge in [-0.25, -0.2) is 13.2 Å². The largest absolute Gasteiger partial charge is 0.465 e. The van der Waals surface area contributed by atoms with Gasteiger partial charge in [-0.15, -0.1) is 0 Å². The standard InChI is InChI=1S/C23H20Cl2N2O5S/c1-15-8-9-16(23(29)32-2)12-20(15)26-22(28)14-27(21-13-17(24)10-11-19(21)25)33(30,31)18-6-4-3-5-7-18/h3-13H,14H2,1-2H3,(H,26,28). The Bertz CT molecular complexity index is 1300. The lowest BCUT2D eigenvalue weighted by molar-refractivity contribution is -0.114. The summed E-state index contributed by atoms with van der Waals surface area (Å²) in [7, 11) is -2.91. The lowest BCUT2D eigenvalue weighted by atomic mass is 10.1. The number of hydrogen-bond donors (Lipinski definition) is 1. The van der Waals surface area contributed by atoms with E-state index in [1.165, 1.54) is 43.5 Å². The average molecular weight is 507 g/mol. The highest BCUT2D eigenvalue weighted by molar-refractivity contribution is 7.92. The lowest BCUT2D eigenvalue weighted by Crippen LogP contribution is -2.38. The minimum Gasteiger partial charge on any atom is -0.465 e. The van der Waals surface area contributed by atoms with E-state index >= 15 is 0 Å². The summed E-state index contributed by atoms with van der Waals surface area (Å²) < 4.78 is 32.4. The molecule has 0 saturated carbocycles. The van der Waals surface area contributed by atoms with E-state index in [1.54, 1.807) is 37.3 Å². The van der Waals surface area contributed by atoms with Gasteiger partial charge in [0, 0.05) is 10.7 Å². The van der Waals surface area contributed by atoms with Crippen LogP contribution in [0.5, 0.6) is 0 Å². The van der Waals surface area contributed by atoms with Crippen LogP contribution in [0.3, 0.4) is 0 Å². The van der Waals surface area contributed by atoms with Crippen LogP contribution in [-0.4, -0.2) is 33.9 Å². The summed E-state index contributed by atoms with van der Waals surface area (Å²) >= 11 is 12.4. The van der Waals surface area contributed by atoms with Crippen LogP contribution in [0.4, 0.5) is 11.4 Å². The van der Waals surface area contributed by atoms with Crippen molar-refractivity contribution in [1.29, 1.82) is 0 Å². The molecular formula is C23H20Cl2N2O5S. The zero-order valence-corrected chi connectivity index (χ0v) is 20.0. The number of hydrogen-bond acceptors (Lipinski definition) is 5. The van der Waals surface area contributed by atoms with Crippen LogP contribution in [0.2, 0.25) is 10.0 Å². The molecule has 1 amide bonds. The fraction of sp³-hybridized carbons (Fsp3) is 0.130. The quantitative estimate of drug-likeness (QED) is 0.459. The molecule has 0 radical (unpaired) electrons. The summed E-state index contributed by atoms with van der Waals surface area (Å²) in [5, 5.41) is 3.02. The molecule has 0 bridgehead atoms. The lowest BCUT2D eigenvalue weighted by Gasteiger charge is -2.25. The first-order valence-corrected chi connectivity index (χ1v) is 11.8. The topological polar surface area (TPSA) is 92.8 Å². The first-order valence-electron chi connectivity index (χ1n) is 9.65. The summed E-state index contributed by atoms with van der Waals surface area (Å²) in [4.78, 5) is 24.8. The average Bonchev–Trinajstić information content (AvgIpc) is 2.80. The minimum atomic E-state index is -4.16. The number of ether oxygens (including phenoxy) is 1. The Hall–Kier alpha value is -3.07. The highest BCUT2D eigenvalue weighted by Gasteiger charge is 2.29. The first-order chi connectivity index (χ1) is 15.6. The predicted molar refractivity (Wildman–Crippen MR) is 129 cm³/mol. The van der Waals surface area contributed by atoms with Gasteiger partial charge in [-0.3, -0.25) is 9.10 Å². The third kappa shape index (κ3) is 5.65. The van der Waals surface area contributed by atoms with E-state index in [4.69, 9.17) is 27.9 Å². The van der Waals surface area contributed by atoms with E-state index in [2.05, 4.69) is 5.32 Å². The van der Waals surface area contributed by atoms with Crippen molar-refractivity contribution in [2.24, 2.45) is 0 Å². The van der Waals surface area contributed by atoms with Crippen molar-refractivity contribution < 1.29 is 22.7 Å². The van der Waals surface area contributed by atoms with Gasteiger partial charge >= 0.3 is 5.97 Å². The molecule has 3 aromatic carbocycles. The van der Waals surface area contributed by atoms with Crippen molar-refractivity contribution >= 4 is 56.5 Å². The molecule has 0 aliphatic heterocycles. The van der Waals surface area contributed by atoms with Crippen molar-refractivity contribution in [3.05, 3.63) is 87.9 Å². The van der Waals surface area contributed by atoms with E-state index in [9.17, 15) is 18.0 Å². The number of rotatable bonds is 7. The number of anilines is 2. The molecule has 10 heteroatoms. The van der Waals surface area contributed by atoms with Crippen molar-refractivity contribution in [1.82, 2.24) is 0 Å². The summed E-state index contributed by atoms with van der Waals surface area (Å²) in [6, 6.07) is 16.7. The van der Waals surface area contributed by atoms with Crippen molar-refractivity contribution in [3.63, 3.8) is 0 Å². The van der Waals surface area contributed by atoms with Crippen molar-refractivity contribution in [3.8, 4) is 0 Å². The summed E-state index contributed by atoms with van der Waals surface area (Å²) in [5.74, 6) is -1.21. The highest BCUT2D eigenvalue weighted by Crippen LogP contribution is 2.33. The van der Waals surface area contributed by atoms with Gasteiger partial charge in [0.2, 0.25) is 5.91 Å². The number of halogens is 2. The molecule has 0 aliphatic carbocycles. The third-order valence-electron chi connectivity index (χ3n) is 4.73.